The second-order valence-corrected chi connectivity index (χ2v) is 7.38. The molecule has 0 amide bonds. The number of carbonyl (C=O) groups excluding carboxylic acids is 1. The molecule has 2 rings (SSSR count). The van der Waals surface area contributed by atoms with Crippen molar-refractivity contribution in [1.82, 2.24) is 0 Å². The molecule has 19 heavy (non-hydrogen) atoms. The van der Waals surface area contributed by atoms with Crippen LogP contribution in [0.25, 0.3) is 0 Å². The summed E-state index contributed by atoms with van der Waals surface area (Å²) in [5, 5.41) is 0. The molecule has 2 saturated carbocycles. The van der Waals surface area contributed by atoms with Crippen molar-refractivity contribution in [1.29, 1.82) is 0 Å². The van der Waals surface area contributed by atoms with Gasteiger partial charge in [-0.15, -0.1) is 0 Å². The first-order valence-electron chi connectivity index (χ1n) is 7.30. The van der Waals surface area contributed by atoms with Gasteiger partial charge in [-0.3, -0.25) is 4.79 Å². The van der Waals surface area contributed by atoms with Gasteiger partial charge in [-0.25, -0.2) is 0 Å². The summed E-state index contributed by atoms with van der Waals surface area (Å²) in [6.45, 7) is 12.2. The molecule has 0 aliphatic heterocycles. The molecule has 2 nitrogen and oxygen atoms in total. The first-order valence-corrected chi connectivity index (χ1v) is 7.30. The number of fused-ring (bicyclic) bond motifs is 2. The molecule has 0 heterocycles. The van der Waals surface area contributed by atoms with Crippen molar-refractivity contribution in [2.45, 2.75) is 53.4 Å². The quantitative estimate of drug-likeness (QED) is 0.426. The van der Waals surface area contributed by atoms with Crippen molar-refractivity contribution in [2.75, 3.05) is 0 Å². The Morgan fingerprint density at radius 3 is 2.68 bits per heavy atom. The van der Waals surface area contributed by atoms with Crippen molar-refractivity contribution in [3.05, 3.63) is 24.5 Å². The summed E-state index contributed by atoms with van der Waals surface area (Å²) < 4.78 is 5.18. The van der Waals surface area contributed by atoms with Crippen molar-refractivity contribution in [3.63, 3.8) is 0 Å². The third-order valence-corrected chi connectivity index (χ3v) is 4.99. The van der Waals surface area contributed by atoms with E-state index in [0.717, 1.165) is 18.3 Å². The van der Waals surface area contributed by atoms with E-state index >= 15 is 0 Å². The molecule has 0 radical (unpaired) electrons. The molecule has 0 spiro atoms. The van der Waals surface area contributed by atoms with E-state index in [1.54, 1.807) is 6.26 Å². The molecule has 2 aliphatic carbocycles. The second-order valence-electron chi connectivity index (χ2n) is 7.38. The largest absolute Gasteiger partial charge is 0.434 e. The minimum Gasteiger partial charge on any atom is -0.434 e. The van der Waals surface area contributed by atoms with Gasteiger partial charge in [0.05, 0.1) is 11.7 Å². The topological polar surface area (TPSA) is 26.3 Å². The molecule has 0 saturated heterocycles. The lowest BCUT2D eigenvalue weighted by Gasteiger charge is -2.35. The molecule has 2 fully saturated rings. The number of hydrogen-bond acceptors (Lipinski definition) is 2. The fourth-order valence-corrected chi connectivity index (χ4v) is 3.48. The third-order valence-electron chi connectivity index (χ3n) is 4.99. The smallest absolute Gasteiger partial charge is 0.316 e. The van der Waals surface area contributed by atoms with Crippen LogP contribution in [0.15, 0.2) is 24.5 Å². The van der Waals surface area contributed by atoms with Gasteiger partial charge in [0.25, 0.3) is 0 Å². The zero-order valence-corrected chi connectivity index (χ0v) is 12.7. The lowest BCUT2D eigenvalue weighted by Crippen LogP contribution is -2.25. The van der Waals surface area contributed by atoms with Gasteiger partial charge in [0.15, 0.2) is 0 Å². The van der Waals surface area contributed by atoms with Crippen LogP contribution >= 0.6 is 0 Å². The molecule has 0 N–H and O–H groups in total. The van der Waals surface area contributed by atoms with E-state index in [4.69, 9.17) is 4.74 Å². The normalized spacial score (nSPS) is 34.2. The lowest BCUT2D eigenvalue weighted by molar-refractivity contribution is -0.146. The summed E-state index contributed by atoms with van der Waals surface area (Å²) in [7, 11) is 0. The van der Waals surface area contributed by atoms with Gasteiger partial charge in [0, 0.05) is 0 Å². The first-order chi connectivity index (χ1) is 8.75. The Morgan fingerprint density at radius 2 is 2.16 bits per heavy atom. The van der Waals surface area contributed by atoms with Crippen molar-refractivity contribution in [2.24, 2.45) is 22.7 Å². The van der Waals surface area contributed by atoms with E-state index in [9.17, 15) is 4.79 Å². The molecule has 0 aromatic rings. The number of rotatable bonds is 3. The maximum absolute atomic E-state index is 11.6. The minimum atomic E-state index is -0.440. The fraction of sp³-hybridized carbons (Fsp3) is 0.706. The van der Waals surface area contributed by atoms with E-state index in [1.165, 1.54) is 24.8 Å². The van der Waals surface area contributed by atoms with Gasteiger partial charge < -0.3 is 4.74 Å². The number of allylic oxidation sites excluding steroid dienone is 2. The molecular formula is C17H26O2. The van der Waals surface area contributed by atoms with Crippen molar-refractivity contribution >= 4 is 5.97 Å². The lowest BCUT2D eigenvalue weighted by atomic mass is 9.70. The van der Waals surface area contributed by atoms with Crippen LogP contribution in [0, 0.1) is 22.7 Å². The SMILES string of the molecule is C=C1C2CCC(C2)C1(C)CC=COC(=O)C(C)(C)C. The van der Waals surface area contributed by atoms with Crippen LogP contribution in [0.1, 0.15) is 53.4 Å². The number of ether oxygens (including phenoxy) is 1. The van der Waals surface area contributed by atoms with Crippen LogP contribution < -0.4 is 0 Å². The van der Waals surface area contributed by atoms with Crippen LogP contribution in [0.4, 0.5) is 0 Å². The summed E-state index contributed by atoms with van der Waals surface area (Å²) in [6, 6.07) is 0. The summed E-state index contributed by atoms with van der Waals surface area (Å²) in [5.74, 6) is 1.33. The minimum absolute atomic E-state index is 0.180. The van der Waals surface area contributed by atoms with Crippen LogP contribution in [0.5, 0.6) is 0 Å². The standard InChI is InChI=1S/C17H26O2/c1-12-13-7-8-14(11-13)17(12,5)9-6-10-19-15(18)16(2,3)4/h6,10,13-14H,1,7-9,11H2,2-5H3. The van der Waals surface area contributed by atoms with Crippen molar-refractivity contribution in [3.8, 4) is 0 Å². The molecule has 0 aromatic heterocycles. The van der Waals surface area contributed by atoms with E-state index in [1.807, 2.05) is 26.8 Å². The predicted molar refractivity (Wildman–Crippen MR) is 77.4 cm³/mol. The number of hydrogen-bond donors (Lipinski definition) is 0. The Balaban J connectivity index is 1.89. The summed E-state index contributed by atoms with van der Waals surface area (Å²) in [5.41, 5.74) is 1.19. The van der Waals surface area contributed by atoms with Crippen molar-refractivity contribution < 1.29 is 9.53 Å². The second kappa shape index (κ2) is 4.81. The summed E-state index contributed by atoms with van der Waals surface area (Å²) in [4.78, 5) is 11.6. The van der Waals surface area contributed by atoms with Gasteiger partial charge in [-0.05, 0) is 69.8 Å². The molecule has 0 aromatic carbocycles. The molecule has 2 aliphatic rings. The van der Waals surface area contributed by atoms with E-state index in [0.29, 0.717) is 0 Å². The Morgan fingerprint density at radius 1 is 1.47 bits per heavy atom. The highest BCUT2D eigenvalue weighted by Gasteiger charge is 2.49. The fourth-order valence-electron chi connectivity index (χ4n) is 3.48. The highest BCUT2D eigenvalue weighted by molar-refractivity contribution is 5.75. The molecule has 2 heteroatoms. The highest BCUT2D eigenvalue weighted by Crippen LogP contribution is 2.60. The molecule has 2 bridgehead atoms. The van der Waals surface area contributed by atoms with E-state index in [-0.39, 0.29) is 11.4 Å². The Bertz CT molecular complexity index is 413. The van der Waals surface area contributed by atoms with Gasteiger partial charge in [-0.1, -0.05) is 19.1 Å². The zero-order valence-electron chi connectivity index (χ0n) is 12.7. The molecule has 3 unspecified atom stereocenters. The predicted octanol–water partition coefficient (Wildman–Crippen LogP) is 4.47. The highest BCUT2D eigenvalue weighted by atomic mass is 16.5. The summed E-state index contributed by atoms with van der Waals surface area (Å²) >= 11 is 0. The van der Waals surface area contributed by atoms with Gasteiger partial charge >= 0.3 is 5.97 Å². The van der Waals surface area contributed by atoms with Gasteiger partial charge in [0.2, 0.25) is 0 Å². The maximum atomic E-state index is 11.6. The van der Waals surface area contributed by atoms with Crippen LogP contribution in [-0.4, -0.2) is 5.97 Å². The first kappa shape index (κ1) is 14.4. The van der Waals surface area contributed by atoms with Crippen LogP contribution in [-0.2, 0) is 9.53 Å². The van der Waals surface area contributed by atoms with Gasteiger partial charge in [-0.2, -0.15) is 0 Å². The third kappa shape index (κ3) is 2.63. The van der Waals surface area contributed by atoms with Gasteiger partial charge in [0.1, 0.15) is 0 Å². The Labute approximate surface area is 116 Å². The van der Waals surface area contributed by atoms with E-state index in [2.05, 4.69) is 13.5 Å². The van der Waals surface area contributed by atoms with E-state index < -0.39 is 5.41 Å². The molecule has 3 atom stereocenters. The average Bonchev–Trinajstić information content (AvgIpc) is 2.88. The van der Waals surface area contributed by atoms with Crippen LogP contribution in [0.2, 0.25) is 0 Å². The number of carbonyl (C=O) groups is 1. The monoisotopic (exact) mass is 262 g/mol. The Kier molecular flexibility index (Phi) is 3.63. The summed E-state index contributed by atoms with van der Waals surface area (Å²) in [6.07, 6.45) is 8.46. The zero-order chi connectivity index (χ0) is 14.3. The maximum Gasteiger partial charge on any atom is 0.316 e. The Hall–Kier alpha value is -1.05. The average molecular weight is 262 g/mol. The van der Waals surface area contributed by atoms with Crippen LogP contribution in [0.3, 0.4) is 0 Å². The molecule has 106 valence electrons. The number of esters is 1. The molecular weight excluding hydrogens is 236 g/mol.